The molecule has 1 fully saturated rings. The molecule has 0 N–H and O–H groups in total. The first kappa shape index (κ1) is 13.4. The molecule has 1 aliphatic rings. The van der Waals surface area contributed by atoms with Crippen LogP contribution in [-0.2, 0) is 4.79 Å². The van der Waals surface area contributed by atoms with Crippen LogP contribution in [0.2, 0.25) is 0 Å². The van der Waals surface area contributed by atoms with Crippen molar-refractivity contribution in [1.82, 2.24) is 14.2 Å². The van der Waals surface area contributed by atoms with E-state index in [1.165, 1.54) is 0 Å². The van der Waals surface area contributed by atoms with Gasteiger partial charge in [0.1, 0.15) is 0 Å². The van der Waals surface area contributed by atoms with Gasteiger partial charge in [0.05, 0.1) is 0 Å². The molecule has 2 heterocycles. The molecule has 1 saturated heterocycles. The van der Waals surface area contributed by atoms with Gasteiger partial charge in [-0.1, -0.05) is 13.8 Å². The van der Waals surface area contributed by atoms with Crippen molar-refractivity contribution in [2.75, 3.05) is 26.2 Å². The average molecular weight is 265 g/mol. The average Bonchev–Trinajstić information content (AvgIpc) is 2.40. The number of rotatable bonds is 3. The van der Waals surface area contributed by atoms with Crippen LogP contribution in [0.3, 0.4) is 0 Å². The normalized spacial score (nSPS) is 17.2. The first-order chi connectivity index (χ1) is 8.66. The lowest BCUT2D eigenvalue weighted by Crippen LogP contribution is -2.47. The largest absolute Gasteiger partial charge is 0.340 e. The van der Waals surface area contributed by atoms with Crippen molar-refractivity contribution in [3.63, 3.8) is 0 Å². The van der Waals surface area contributed by atoms with Crippen LogP contribution in [0.25, 0.3) is 0 Å². The molecule has 0 bridgehead atoms. The van der Waals surface area contributed by atoms with E-state index in [0.717, 1.165) is 31.1 Å². The van der Waals surface area contributed by atoms with Crippen molar-refractivity contribution in [1.29, 1.82) is 0 Å². The van der Waals surface area contributed by atoms with E-state index in [1.807, 2.05) is 31.0 Å². The van der Waals surface area contributed by atoms with Crippen LogP contribution in [0.4, 0.5) is 0 Å². The summed E-state index contributed by atoms with van der Waals surface area (Å²) >= 11 is 1.72. The van der Waals surface area contributed by atoms with Crippen LogP contribution in [0.15, 0.2) is 29.4 Å². The predicted octanol–water partition coefficient (Wildman–Crippen LogP) is 1.89. The summed E-state index contributed by atoms with van der Waals surface area (Å²) in [5.74, 6) is 0.364. The summed E-state index contributed by atoms with van der Waals surface area (Å²) in [4.78, 5) is 19.1. The number of aromatic nitrogens is 1. The second-order valence-corrected chi connectivity index (χ2v) is 5.86. The van der Waals surface area contributed by atoms with Gasteiger partial charge in [-0.25, -0.2) is 4.31 Å². The minimum absolute atomic E-state index is 0.0996. The lowest BCUT2D eigenvalue weighted by molar-refractivity contribution is -0.135. The summed E-state index contributed by atoms with van der Waals surface area (Å²) in [5, 5.41) is 0. The second-order valence-electron chi connectivity index (χ2n) is 4.69. The molecule has 18 heavy (non-hydrogen) atoms. The summed E-state index contributed by atoms with van der Waals surface area (Å²) in [6.07, 6.45) is 3.65. The number of nitrogens with zero attached hydrogens (tertiary/aromatic N) is 3. The van der Waals surface area contributed by atoms with E-state index in [0.29, 0.717) is 0 Å². The number of piperazine rings is 1. The number of amides is 1. The summed E-state index contributed by atoms with van der Waals surface area (Å²) in [6, 6.07) is 4.00. The Morgan fingerprint density at radius 2 is 2.06 bits per heavy atom. The number of hydrogen-bond acceptors (Lipinski definition) is 4. The zero-order valence-electron chi connectivity index (χ0n) is 10.9. The Labute approximate surface area is 113 Å². The van der Waals surface area contributed by atoms with Gasteiger partial charge in [0, 0.05) is 49.4 Å². The lowest BCUT2D eigenvalue weighted by Gasteiger charge is -2.34. The maximum Gasteiger partial charge on any atom is 0.225 e. The SMILES string of the molecule is CC(C)C(=O)N1CCN(Sc2cccnc2)CC1. The van der Waals surface area contributed by atoms with E-state index < -0.39 is 0 Å². The molecule has 0 unspecified atom stereocenters. The van der Waals surface area contributed by atoms with Gasteiger partial charge in [0.2, 0.25) is 5.91 Å². The fourth-order valence-electron chi connectivity index (χ4n) is 1.92. The first-order valence-electron chi connectivity index (χ1n) is 6.28. The number of carbonyl (C=O) groups excluding carboxylic acids is 1. The van der Waals surface area contributed by atoms with E-state index >= 15 is 0 Å². The molecule has 1 aliphatic heterocycles. The van der Waals surface area contributed by atoms with Gasteiger partial charge >= 0.3 is 0 Å². The molecular weight excluding hydrogens is 246 g/mol. The van der Waals surface area contributed by atoms with Gasteiger partial charge in [-0.2, -0.15) is 0 Å². The minimum Gasteiger partial charge on any atom is -0.340 e. The molecule has 0 spiro atoms. The first-order valence-corrected chi connectivity index (χ1v) is 7.06. The smallest absolute Gasteiger partial charge is 0.225 e. The molecule has 0 aliphatic carbocycles. The third-order valence-electron chi connectivity index (χ3n) is 2.91. The van der Waals surface area contributed by atoms with Crippen molar-refractivity contribution >= 4 is 17.9 Å². The molecule has 2 rings (SSSR count). The van der Waals surface area contributed by atoms with Crippen LogP contribution >= 0.6 is 11.9 Å². The molecule has 0 atom stereocenters. The highest BCUT2D eigenvalue weighted by Crippen LogP contribution is 2.22. The Morgan fingerprint density at radius 3 is 2.61 bits per heavy atom. The Kier molecular flexibility index (Phi) is 4.60. The topological polar surface area (TPSA) is 36.4 Å². The molecule has 0 aromatic carbocycles. The van der Waals surface area contributed by atoms with E-state index in [9.17, 15) is 4.79 Å². The summed E-state index contributed by atoms with van der Waals surface area (Å²) in [6.45, 7) is 7.39. The minimum atomic E-state index is 0.0996. The molecule has 4 nitrogen and oxygen atoms in total. The highest BCUT2D eigenvalue weighted by atomic mass is 32.2. The van der Waals surface area contributed by atoms with Crippen LogP contribution in [0.1, 0.15) is 13.8 Å². The summed E-state index contributed by atoms with van der Waals surface area (Å²) in [7, 11) is 0. The zero-order valence-corrected chi connectivity index (χ0v) is 11.7. The molecule has 0 saturated carbocycles. The van der Waals surface area contributed by atoms with E-state index in [4.69, 9.17) is 0 Å². The van der Waals surface area contributed by atoms with Gasteiger partial charge in [-0.3, -0.25) is 9.78 Å². The zero-order chi connectivity index (χ0) is 13.0. The van der Waals surface area contributed by atoms with Crippen molar-refractivity contribution in [3.8, 4) is 0 Å². The van der Waals surface area contributed by atoms with Crippen molar-refractivity contribution in [2.45, 2.75) is 18.7 Å². The standard InChI is InChI=1S/C13H19N3OS/c1-11(2)13(17)15-6-8-16(9-7-15)18-12-4-3-5-14-10-12/h3-5,10-11H,6-9H2,1-2H3. The Balaban J connectivity index is 1.82. The van der Waals surface area contributed by atoms with Gasteiger partial charge in [-0.05, 0) is 24.1 Å². The third-order valence-corrected chi connectivity index (χ3v) is 3.99. The quantitative estimate of drug-likeness (QED) is 0.782. The Hall–Kier alpha value is -1.07. The monoisotopic (exact) mass is 265 g/mol. The fraction of sp³-hybridized carbons (Fsp3) is 0.538. The molecule has 1 aromatic rings. The van der Waals surface area contributed by atoms with Gasteiger partial charge in [0.15, 0.2) is 0 Å². The molecule has 5 heteroatoms. The second kappa shape index (κ2) is 6.20. The fourth-order valence-corrected chi connectivity index (χ4v) is 2.81. The predicted molar refractivity (Wildman–Crippen MR) is 73.1 cm³/mol. The van der Waals surface area contributed by atoms with Crippen LogP contribution in [0, 0.1) is 5.92 Å². The van der Waals surface area contributed by atoms with Crippen molar-refractivity contribution in [2.24, 2.45) is 5.92 Å². The lowest BCUT2D eigenvalue weighted by atomic mass is 10.2. The van der Waals surface area contributed by atoms with E-state index in [1.54, 1.807) is 18.1 Å². The molecule has 98 valence electrons. The van der Waals surface area contributed by atoms with Crippen LogP contribution in [0.5, 0.6) is 0 Å². The summed E-state index contributed by atoms with van der Waals surface area (Å²) in [5.41, 5.74) is 0. The molecule has 1 amide bonds. The molecule has 0 radical (unpaired) electrons. The van der Waals surface area contributed by atoms with Crippen molar-refractivity contribution in [3.05, 3.63) is 24.5 Å². The number of hydrogen-bond donors (Lipinski definition) is 0. The maximum absolute atomic E-state index is 11.9. The van der Waals surface area contributed by atoms with Gasteiger partial charge in [-0.15, -0.1) is 0 Å². The van der Waals surface area contributed by atoms with Crippen LogP contribution < -0.4 is 0 Å². The van der Waals surface area contributed by atoms with Gasteiger partial charge < -0.3 is 4.90 Å². The molecular formula is C13H19N3OS. The highest BCUT2D eigenvalue weighted by Gasteiger charge is 2.23. The van der Waals surface area contributed by atoms with E-state index in [-0.39, 0.29) is 11.8 Å². The molecule has 1 aromatic heterocycles. The Bertz CT molecular complexity index is 388. The number of carbonyl (C=O) groups is 1. The van der Waals surface area contributed by atoms with Crippen LogP contribution in [-0.4, -0.2) is 46.3 Å². The maximum atomic E-state index is 11.9. The third kappa shape index (κ3) is 3.46. The van der Waals surface area contributed by atoms with Crippen molar-refractivity contribution < 1.29 is 4.79 Å². The van der Waals surface area contributed by atoms with Gasteiger partial charge in [0.25, 0.3) is 0 Å². The van der Waals surface area contributed by atoms with E-state index in [2.05, 4.69) is 15.4 Å². The number of pyridine rings is 1. The summed E-state index contributed by atoms with van der Waals surface area (Å²) < 4.78 is 2.29. The Morgan fingerprint density at radius 1 is 1.33 bits per heavy atom. The highest BCUT2D eigenvalue weighted by molar-refractivity contribution is 7.97.